The van der Waals surface area contributed by atoms with Gasteiger partial charge in [-0.25, -0.2) is 9.67 Å². The van der Waals surface area contributed by atoms with Crippen molar-refractivity contribution in [1.82, 2.24) is 20.1 Å². The lowest BCUT2D eigenvalue weighted by molar-refractivity contribution is 0.0940. The van der Waals surface area contributed by atoms with Crippen LogP contribution in [0.4, 0.5) is 5.82 Å². The van der Waals surface area contributed by atoms with Crippen LogP contribution < -0.4 is 10.2 Å². The molecular formula is C19H20ClN5O. The molecule has 0 saturated carbocycles. The summed E-state index contributed by atoms with van der Waals surface area (Å²) in [5.74, 6) is 0.424. The molecule has 0 fully saturated rings. The Labute approximate surface area is 157 Å². The van der Waals surface area contributed by atoms with Crippen LogP contribution in [-0.4, -0.2) is 34.8 Å². The van der Waals surface area contributed by atoms with Gasteiger partial charge >= 0.3 is 0 Å². The van der Waals surface area contributed by atoms with E-state index in [0.717, 1.165) is 11.3 Å². The summed E-state index contributed by atoms with van der Waals surface area (Å²) in [7, 11) is 3.70. The van der Waals surface area contributed by atoms with Gasteiger partial charge < -0.3 is 10.2 Å². The molecule has 0 radical (unpaired) electrons. The number of hydrogen-bond acceptors (Lipinski definition) is 4. The van der Waals surface area contributed by atoms with Crippen LogP contribution in [0.1, 0.15) is 28.9 Å². The number of rotatable bonds is 5. The number of anilines is 1. The van der Waals surface area contributed by atoms with Gasteiger partial charge in [0.1, 0.15) is 11.0 Å². The van der Waals surface area contributed by atoms with Gasteiger partial charge in [-0.1, -0.05) is 29.8 Å². The zero-order valence-electron chi connectivity index (χ0n) is 14.8. The maximum Gasteiger partial charge on any atom is 0.251 e. The topological polar surface area (TPSA) is 63.1 Å². The van der Waals surface area contributed by atoms with E-state index < -0.39 is 0 Å². The summed E-state index contributed by atoms with van der Waals surface area (Å²) in [5.41, 5.74) is 2.36. The van der Waals surface area contributed by atoms with Crippen LogP contribution in [0.5, 0.6) is 0 Å². The fourth-order valence-corrected chi connectivity index (χ4v) is 2.88. The molecule has 0 bridgehead atoms. The van der Waals surface area contributed by atoms with E-state index in [1.165, 1.54) is 0 Å². The highest BCUT2D eigenvalue weighted by Crippen LogP contribution is 2.22. The van der Waals surface area contributed by atoms with E-state index in [1.807, 2.05) is 57.5 Å². The standard InChI is InChI=1S/C19H20ClN5O/c1-13(15-7-4-5-8-16(15)25-10-6-9-21-25)22-19(26)14-11-17(20)23-18(12-14)24(2)3/h4-13H,1-3H3,(H,22,26). The molecule has 0 saturated heterocycles. The Morgan fingerprint density at radius 3 is 2.69 bits per heavy atom. The minimum Gasteiger partial charge on any atom is -0.363 e. The molecule has 7 heteroatoms. The summed E-state index contributed by atoms with van der Waals surface area (Å²) in [6, 6.07) is 12.8. The van der Waals surface area contributed by atoms with Crippen molar-refractivity contribution in [1.29, 1.82) is 0 Å². The zero-order chi connectivity index (χ0) is 18.7. The van der Waals surface area contributed by atoms with E-state index in [1.54, 1.807) is 27.9 Å². The Morgan fingerprint density at radius 2 is 2.00 bits per heavy atom. The van der Waals surface area contributed by atoms with Gasteiger partial charge in [-0.3, -0.25) is 4.79 Å². The minimum atomic E-state index is -0.211. The molecule has 0 aliphatic rings. The number of aromatic nitrogens is 3. The number of benzene rings is 1. The number of nitrogens with one attached hydrogen (secondary N) is 1. The van der Waals surface area contributed by atoms with Crippen molar-refractivity contribution < 1.29 is 4.79 Å². The first kappa shape index (κ1) is 17.9. The Bertz CT molecular complexity index is 908. The molecule has 2 aromatic heterocycles. The molecule has 1 aromatic carbocycles. The van der Waals surface area contributed by atoms with E-state index in [0.29, 0.717) is 11.4 Å². The normalized spacial score (nSPS) is 11.8. The van der Waals surface area contributed by atoms with Crippen molar-refractivity contribution in [2.24, 2.45) is 0 Å². The summed E-state index contributed by atoms with van der Waals surface area (Å²) in [6.45, 7) is 1.94. The highest BCUT2D eigenvalue weighted by atomic mass is 35.5. The summed E-state index contributed by atoms with van der Waals surface area (Å²) in [5, 5.41) is 7.59. The molecule has 134 valence electrons. The second-order valence-corrected chi connectivity index (χ2v) is 6.52. The molecule has 1 atom stereocenters. The smallest absolute Gasteiger partial charge is 0.251 e. The van der Waals surface area contributed by atoms with Crippen LogP contribution in [0.3, 0.4) is 0 Å². The molecule has 26 heavy (non-hydrogen) atoms. The van der Waals surface area contributed by atoms with Gasteiger partial charge in [0.15, 0.2) is 0 Å². The van der Waals surface area contributed by atoms with E-state index in [2.05, 4.69) is 15.4 Å². The van der Waals surface area contributed by atoms with Crippen LogP contribution in [0.25, 0.3) is 5.69 Å². The van der Waals surface area contributed by atoms with Crippen LogP contribution in [-0.2, 0) is 0 Å². The molecule has 1 amide bonds. The number of carbonyl (C=O) groups is 1. The quantitative estimate of drug-likeness (QED) is 0.699. The Kier molecular flexibility index (Phi) is 5.23. The van der Waals surface area contributed by atoms with Crippen LogP contribution in [0, 0.1) is 0 Å². The summed E-state index contributed by atoms with van der Waals surface area (Å²) < 4.78 is 1.78. The van der Waals surface area contributed by atoms with Crippen molar-refractivity contribution in [3.8, 4) is 5.69 Å². The molecule has 0 aliphatic carbocycles. The Hall–Kier alpha value is -2.86. The second kappa shape index (κ2) is 7.58. The molecule has 1 N–H and O–H groups in total. The largest absolute Gasteiger partial charge is 0.363 e. The van der Waals surface area contributed by atoms with Crippen molar-refractivity contribution in [3.05, 3.63) is 71.1 Å². The van der Waals surface area contributed by atoms with E-state index >= 15 is 0 Å². The van der Waals surface area contributed by atoms with Crippen molar-refractivity contribution in [3.63, 3.8) is 0 Å². The van der Waals surface area contributed by atoms with Gasteiger partial charge in [0, 0.05) is 32.1 Å². The molecular weight excluding hydrogens is 350 g/mol. The van der Waals surface area contributed by atoms with E-state index in [4.69, 9.17) is 11.6 Å². The third-order valence-corrected chi connectivity index (χ3v) is 4.20. The number of para-hydroxylation sites is 1. The van der Waals surface area contributed by atoms with Gasteiger partial charge in [0.05, 0.1) is 11.7 Å². The fraction of sp³-hybridized carbons (Fsp3) is 0.211. The molecule has 3 aromatic rings. The average molecular weight is 370 g/mol. The average Bonchev–Trinajstić information content (AvgIpc) is 3.15. The highest BCUT2D eigenvalue weighted by molar-refractivity contribution is 6.29. The molecule has 2 heterocycles. The van der Waals surface area contributed by atoms with Gasteiger partial charge in [-0.05, 0) is 36.8 Å². The molecule has 0 spiro atoms. The Balaban J connectivity index is 1.85. The van der Waals surface area contributed by atoms with Crippen LogP contribution in [0.15, 0.2) is 54.9 Å². The second-order valence-electron chi connectivity index (χ2n) is 6.14. The first-order valence-electron chi connectivity index (χ1n) is 8.20. The summed E-state index contributed by atoms with van der Waals surface area (Å²) in [6.07, 6.45) is 3.60. The van der Waals surface area contributed by atoms with Crippen LogP contribution >= 0.6 is 11.6 Å². The van der Waals surface area contributed by atoms with E-state index in [9.17, 15) is 4.79 Å². The predicted molar refractivity (Wildman–Crippen MR) is 103 cm³/mol. The summed E-state index contributed by atoms with van der Waals surface area (Å²) in [4.78, 5) is 18.7. The number of nitrogens with zero attached hydrogens (tertiary/aromatic N) is 4. The lowest BCUT2D eigenvalue weighted by Crippen LogP contribution is -2.28. The number of hydrogen-bond donors (Lipinski definition) is 1. The van der Waals surface area contributed by atoms with E-state index in [-0.39, 0.29) is 17.1 Å². The SMILES string of the molecule is CC(NC(=O)c1cc(Cl)nc(N(C)C)c1)c1ccccc1-n1cccn1. The summed E-state index contributed by atoms with van der Waals surface area (Å²) >= 11 is 6.06. The number of pyridine rings is 1. The van der Waals surface area contributed by atoms with Crippen molar-refractivity contribution in [2.45, 2.75) is 13.0 Å². The van der Waals surface area contributed by atoms with Gasteiger partial charge in [-0.2, -0.15) is 5.10 Å². The third kappa shape index (κ3) is 3.86. The lowest BCUT2D eigenvalue weighted by Gasteiger charge is -2.19. The maximum atomic E-state index is 12.7. The van der Waals surface area contributed by atoms with Gasteiger partial charge in [-0.15, -0.1) is 0 Å². The number of amides is 1. The monoisotopic (exact) mass is 369 g/mol. The number of halogens is 1. The minimum absolute atomic E-state index is 0.208. The molecule has 0 aliphatic heterocycles. The zero-order valence-corrected chi connectivity index (χ0v) is 15.6. The first-order chi connectivity index (χ1) is 12.5. The fourth-order valence-electron chi connectivity index (χ4n) is 2.67. The molecule has 6 nitrogen and oxygen atoms in total. The molecule has 3 rings (SSSR count). The Morgan fingerprint density at radius 1 is 1.23 bits per heavy atom. The predicted octanol–water partition coefficient (Wildman–Crippen LogP) is 3.48. The molecule has 1 unspecified atom stereocenters. The van der Waals surface area contributed by atoms with Crippen molar-refractivity contribution in [2.75, 3.05) is 19.0 Å². The lowest BCUT2D eigenvalue weighted by atomic mass is 10.1. The van der Waals surface area contributed by atoms with Gasteiger partial charge in [0.2, 0.25) is 0 Å². The number of carbonyl (C=O) groups excluding carboxylic acids is 1. The maximum absolute atomic E-state index is 12.7. The van der Waals surface area contributed by atoms with Crippen LogP contribution in [0.2, 0.25) is 5.15 Å². The van der Waals surface area contributed by atoms with Gasteiger partial charge in [0.25, 0.3) is 5.91 Å². The van der Waals surface area contributed by atoms with Crippen molar-refractivity contribution >= 4 is 23.3 Å². The third-order valence-electron chi connectivity index (χ3n) is 4.00. The first-order valence-corrected chi connectivity index (χ1v) is 8.58. The highest BCUT2D eigenvalue weighted by Gasteiger charge is 2.17.